The van der Waals surface area contributed by atoms with E-state index in [0.717, 1.165) is 0 Å². The van der Waals surface area contributed by atoms with Gasteiger partial charge in [-0.2, -0.15) is 13.2 Å². The Morgan fingerprint density at radius 1 is 1.42 bits per heavy atom. The summed E-state index contributed by atoms with van der Waals surface area (Å²) < 4.78 is 36.7. The Bertz CT molecular complexity index is 171. The van der Waals surface area contributed by atoms with Crippen molar-refractivity contribution in [3.05, 3.63) is 0 Å². The van der Waals surface area contributed by atoms with Crippen LogP contribution in [0.3, 0.4) is 0 Å². The lowest BCUT2D eigenvalue weighted by molar-refractivity contribution is -0.268. The Morgan fingerprint density at radius 3 is 2.33 bits per heavy atom. The highest BCUT2D eigenvalue weighted by Crippen LogP contribution is 2.43. The number of alkyl halides is 4. The molecule has 0 amide bonds. The highest BCUT2D eigenvalue weighted by molar-refractivity contribution is 9.09. The molecule has 0 aromatic heterocycles. The van der Waals surface area contributed by atoms with Gasteiger partial charge in [-0.15, -0.1) is 0 Å². The second kappa shape index (κ2) is 3.18. The van der Waals surface area contributed by atoms with Crippen LogP contribution in [0.2, 0.25) is 0 Å². The standard InChI is InChI=1S/C7H10BrF3O/c8-5-2-1-3-6(12,4-5)7(9,10)11/h5,12H,1-4H2. The predicted molar refractivity (Wildman–Crippen MR) is 42.2 cm³/mol. The van der Waals surface area contributed by atoms with Crippen molar-refractivity contribution < 1.29 is 18.3 Å². The van der Waals surface area contributed by atoms with Crippen molar-refractivity contribution in [1.29, 1.82) is 0 Å². The summed E-state index contributed by atoms with van der Waals surface area (Å²) in [5, 5.41) is 9.22. The first-order valence-electron chi connectivity index (χ1n) is 3.78. The molecule has 1 N–H and O–H groups in total. The van der Waals surface area contributed by atoms with Gasteiger partial charge in [0.1, 0.15) is 0 Å². The first-order chi connectivity index (χ1) is 5.35. The Kier molecular flexibility index (Phi) is 2.73. The Labute approximate surface area is 77.1 Å². The van der Waals surface area contributed by atoms with Gasteiger partial charge in [0, 0.05) is 4.83 Å². The highest BCUT2D eigenvalue weighted by Gasteiger charge is 2.54. The average Bonchev–Trinajstić information content (AvgIpc) is 1.83. The van der Waals surface area contributed by atoms with Crippen LogP contribution in [0.5, 0.6) is 0 Å². The van der Waals surface area contributed by atoms with Gasteiger partial charge in [-0.05, 0) is 25.7 Å². The summed E-state index contributed by atoms with van der Waals surface area (Å²) in [7, 11) is 0. The molecule has 1 saturated carbocycles. The van der Waals surface area contributed by atoms with Crippen molar-refractivity contribution >= 4 is 15.9 Å². The molecular weight excluding hydrogens is 237 g/mol. The van der Waals surface area contributed by atoms with Crippen LogP contribution in [0.15, 0.2) is 0 Å². The van der Waals surface area contributed by atoms with Crippen LogP contribution in [0.4, 0.5) is 13.2 Å². The second-order valence-corrected chi connectivity index (χ2v) is 4.52. The molecule has 0 radical (unpaired) electrons. The molecule has 2 atom stereocenters. The summed E-state index contributed by atoms with van der Waals surface area (Å²) in [6.07, 6.45) is -3.75. The molecule has 1 rings (SSSR count). The van der Waals surface area contributed by atoms with Crippen molar-refractivity contribution in [3.8, 4) is 0 Å². The largest absolute Gasteiger partial charge is 0.417 e. The molecule has 0 spiro atoms. The molecule has 12 heavy (non-hydrogen) atoms. The zero-order valence-corrected chi connectivity index (χ0v) is 7.95. The molecule has 0 saturated heterocycles. The van der Waals surface area contributed by atoms with E-state index in [2.05, 4.69) is 15.9 Å². The van der Waals surface area contributed by atoms with E-state index in [0.29, 0.717) is 12.8 Å². The molecule has 1 fully saturated rings. The second-order valence-electron chi connectivity index (χ2n) is 3.22. The van der Waals surface area contributed by atoms with Crippen molar-refractivity contribution in [2.24, 2.45) is 0 Å². The van der Waals surface area contributed by atoms with Gasteiger partial charge in [0.15, 0.2) is 5.60 Å². The van der Waals surface area contributed by atoms with E-state index in [1.54, 1.807) is 0 Å². The van der Waals surface area contributed by atoms with Gasteiger partial charge in [-0.25, -0.2) is 0 Å². The third kappa shape index (κ3) is 1.93. The molecule has 1 aliphatic rings. The van der Waals surface area contributed by atoms with E-state index in [4.69, 9.17) is 0 Å². The number of rotatable bonds is 0. The summed E-state index contributed by atoms with van der Waals surface area (Å²) >= 11 is 3.10. The van der Waals surface area contributed by atoms with Crippen LogP contribution >= 0.6 is 15.9 Å². The lowest BCUT2D eigenvalue weighted by atomic mass is 9.84. The number of aliphatic hydroxyl groups is 1. The Hall–Kier alpha value is 0.230. The molecule has 1 aliphatic carbocycles. The van der Waals surface area contributed by atoms with Crippen LogP contribution in [0, 0.1) is 0 Å². The van der Waals surface area contributed by atoms with Gasteiger partial charge in [0.2, 0.25) is 0 Å². The number of halogens is 4. The maximum atomic E-state index is 12.2. The summed E-state index contributed by atoms with van der Waals surface area (Å²) in [6, 6.07) is 0. The maximum Gasteiger partial charge on any atom is 0.417 e. The summed E-state index contributed by atoms with van der Waals surface area (Å²) in [4.78, 5) is -0.210. The SMILES string of the molecule is OC1(C(F)(F)F)CCCC(Br)C1. The monoisotopic (exact) mass is 246 g/mol. The number of hydrogen-bond acceptors (Lipinski definition) is 1. The van der Waals surface area contributed by atoms with Crippen molar-refractivity contribution in [3.63, 3.8) is 0 Å². The van der Waals surface area contributed by atoms with Crippen LogP contribution in [0.25, 0.3) is 0 Å². The fraction of sp³-hybridized carbons (Fsp3) is 1.00. The normalized spacial score (nSPS) is 38.2. The molecule has 0 aromatic rings. The van der Waals surface area contributed by atoms with Crippen LogP contribution < -0.4 is 0 Å². The average molecular weight is 247 g/mol. The molecule has 5 heteroatoms. The fourth-order valence-electron chi connectivity index (χ4n) is 1.44. The van der Waals surface area contributed by atoms with Crippen LogP contribution in [-0.4, -0.2) is 21.7 Å². The van der Waals surface area contributed by atoms with Crippen molar-refractivity contribution in [1.82, 2.24) is 0 Å². The smallest absolute Gasteiger partial charge is 0.380 e. The minimum atomic E-state index is -4.49. The van der Waals surface area contributed by atoms with Crippen molar-refractivity contribution in [2.75, 3.05) is 0 Å². The predicted octanol–water partition coefficient (Wildman–Crippen LogP) is 2.62. The van der Waals surface area contributed by atoms with E-state index >= 15 is 0 Å². The zero-order valence-electron chi connectivity index (χ0n) is 6.36. The molecule has 2 unspecified atom stereocenters. The highest BCUT2D eigenvalue weighted by atomic mass is 79.9. The Morgan fingerprint density at radius 2 is 2.00 bits per heavy atom. The van der Waals surface area contributed by atoms with Gasteiger partial charge in [0.05, 0.1) is 0 Å². The van der Waals surface area contributed by atoms with E-state index in [1.807, 2.05) is 0 Å². The van der Waals surface area contributed by atoms with Crippen molar-refractivity contribution in [2.45, 2.75) is 42.3 Å². The van der Waals surface area contributed by atoms with Gasteiger partial charge in [-0.1, -0.05) is 15.9 Å². The molecular formula is C7H10BrF3O. The van der Waals surface area contributed by atoms with Gasteiger partial charge < -0.3 is 5.11 Å². The summed E-state index contributed by atoms with van der Waals surface area (Å²) in [6.45, 7) is 0. The minimum Gasteiger partial charge on any atom is -0.380 e. The lowest BCUT2D eigenvalue weighted by Crippen LogP contribution is -2.48. The van der Waals surface area contributed by atoms with Gasteiger partial charge in [-0.3, -0.25) is 0 Å². The minimum absolute atomic E-state index is 0.168. The van der Waals surface area contributed by atoms with E-state index in [1.165, 1.54) is 0 Å². The van der Waals surface area contributed by atoms with E-state index in [9.17, 15) is 18.3 Å². The molecule has 1 nitrogen and oxygen atoms in total. The summed E-state index contributed by atoms with van der Waals surface area (Å²) in [5.41, 5.74) is -2.46. The lowest BCUT2D eigenvalue weighted by Gasteiger charge is -2.36. The topological polar surface area (TPSA) is 20.2 Å². The van der Waals surface area contributed by atoms with Gasteiger partial charge in [0.25, 0.3) is 0 Å². The van der Waals surface area contributed by atoms with Crippen LogP contribution in [-0.2, 0) is 0 Å². The maximum absolute atomic E-state index is 12.2. The zero-order chi connectivity index (χ0) is 9.41. The molecule has 72 valence electrons. The third-order valence-electron chi connectivity index (χ3n) is 2.19. The molecule has 0 aromatic carbocycles. The molecule has 0 bridgehead atoms. The third-order valence-corrected chi connectivity index (χ3v) is 2.98. The molecule has 0 heterocycles. The quantitative estimate of drug-likeness (QED) is 0.652. The first kappa shape index (κ1) is 10.3. The Balaban J connectivity index is 2.70. The fourth-order valence-corrected chi connectivity index (χ4v) is 2.30. The van der Waals surface area contributed by atoms with Crippen LogP contribution in [0.1, 0.15) is 25.7 Å². The summed E-state index contributed by atoms with van der Waals surface area (Å²) in [5.74, 6) is 0. The van der Waals surface area contributed by atoms with E-state index in [-0.39, 0.29) is 17.7 Å². The first-order valence-corrected chi connectivity index (χ1v) is 4.70. The van der Waals surface area contributed by atoms with Gasteiger partial charge >= 0.3 is 6.18 Å². The molecule has 0 aliphatic heterocycles. The van der Waals surface area contributed by atoms with E-state index < -0.39 is 11.8 Å². The number of hydrogen-bond donors (Lipinski definition) is 1.